The molecule has 0 bridgehead atoms. The van der Waals surface area contributed by atoms with Crippen molar-refractivity contribution < 1.29 is 19.5 Å². The van der Waals surface area contributed by atoms with Crippen LogP contribution in [0.1, 0.15) is 92.0 Å². The van der Waals surface area contributed by atoms with Gasteiger partial charge in [0.05, 0.1) is 6.54 Å². The zero-order valence-electron chi connectivity index (χ0n) is 23.1. The van der Waals surface area contributed by atoms with Gasteiger partial charge in [0, 0.05) is 19.4 Å². The monoisotopic (exact) mass is 520 g/mol. The van der Waals surface area contributed by atoms with Gasteiger partial charge >= 0.3 is 5.97 Å². The van der Waals surface area contributed by atoms with E-state index in [0.29, 0.717) is 6.42 Å². The Morgan fingerprint density at radius 3 is 1.92 bits per heavy atom. The number of rotatable bonds is 6. The molecule has 2 aromatic carbocycles. The number of carboxylic acid groups (broad SMARTS) is 1. The van der Waals surface area contributed by atoms with Gasteiger partial charge in [-0.1, -0.05) is 111 Å². The molecule has 0 radical (unpaired) electrons. The summed E-state index contributed by atoms with van der Waals surface area (Å²) in [6.07, 6.45) is 14.6. The number of carbonyl (C=O) groups excluding carboxylic acids is 2. The van der Waals surface area contributed by atoms with Crippen LogP contribution in [0.4, 0.5) is 0 Å². The van der Waals surface area contributed by atoms with E-state index in [4.69, 9.17) is 0 Å². The van der Waals surface area contributed by atoms with Gasteiger partial charge in [0.1, 0.15) is 6.04 Å². The number of hydrogen-bond acceptors (Lipinski definition) is 3. The number of hydrogen-bond donors (Lipinski definition) is 2. The van der Waals surface area contributed by atoms with E-state index in [9.17, 15) is 19.5 Å². The Labute approximate surface area is 227 Å². The predicted molar refractivity (Wildman–Crippen MR) is 151 cm³/mol. The van der Waals surface area contributed by atoms with Gasteiger partial charge in [-0.3, -0.25) is 9.59 Å². The van der Waals surface area contributed by atoms with E-state index in [0.717, 1.165) is 27.8 Å². The quantitative estimate of drug-likeness (QED) is 0.496. The van der Waals surface area contributed by atoms with Crippen LogP contribution in [0, 0.1) is 13.8 Å². The Bertz CT molecular complexity index is 1040. The maximum absolute atomic E-state index is 12.7. The average Bonchev–Trinajstić information content (AvgIpc) is 3.82. The molecule has 3 aliphatic rings. The van der Waals surface area contributed by atoms with Crippen molar-refractivity contribution in [1.82, 2.24) is 10.2 Å². The third-order valence-corrected chi connectivity index (χ3v) is 7.15. The molecule has 2 fully saturated rings. The van der Waals surface area contributed by atoms with Crippen LogP contribution >= 0.6 is 0 Å². The lowest BCUT2D eigenvalue weighted by Gasteiger charge is -2.34. The summed E-state index contributed by atoms with van der Waals surface area (Å²) >= 11 is 0. The maximum Gasteiger partial charge on any atom is 0.326 e. The first-order valence-corrected chi connectivity index (χ1v) is 14.3. The van der Waals surface area contributed by atoms with Gasteiger partial charge in [-0.15, -0.1) is 0 Å². The van der Waals surface area contributed by atoms with Crippen molar-refractivity contribution in [2.75, 3.05) is 6.54 Å². The second kappa shape index (κ2) is 15.3. The molecule has 6 nitrogen and oxygen atoms in total. The van der Waals surface area contributed by atoms with Gasteiger partial charge in [-0.25, -0.2) is 4.79 Å². The molecule has 38 heavy (non-hydrogen) atoms. The normalized spacial score (nSPS) is 17.5. The molecule has 2 aliphatic carbocycles. The Hall–Kier alpha value is -3.15. The number of nitrogens with one attached hydrogen (secondary N) is 1. The summed E-state index contributed by atoms with van der Waals surface area (Å²) in [6.45, 7) is 4.01. The Morgan fingerprint density at radius 1 is 0.816 bits per heavy atom. The van der Waals surface area contributed by atoms with Crippen molar-refractivity contribution in [3.05, 3.63) is 70.3 Å². The molecule has 0 saturated heterocycles. The van der Waals surface area contributed by atoms with Crippen molar-refractivity contribution in [2.24, 2.45) is 0 Å². The van der Waals surface area contributed by atoms with E-state index in [1.165, 1.54) is 62.7 Å². The van der Waals surface area contributed by atoms with E-state index < -0.39 is 12.0 Å². The van der Waals surface area contributed by atoms with Crippen LogP contribution in [0.5, 0.6) is 0 Å². The lowest BCUT2D eigenvalue weighted by molar-refractivity contribution is -0.151. The molecule has 5 rings (SSSR count). The topological polar surface area (TPSA) is 86.7 Å². The zero-order chi connectivity index (χ0) is 27.3. The Balaban J connectivity index is 0.000000372. The fourth-order valence-corrected chi connectivity index (χ4v) is 4.63. The minimum Gasteiger partial charge on any atom is -0.480 e. The summed E-state index contributed by atoms with van der Waals surface area (Å²) in [5, 5.41) is 12.2. The molecule has 1 heterocycles. The van der Waals surface area contributed by atoms with Gasteiger partial charge in [0.25, 0.3) is 0 Å². The summed E-state index contributed by atoms with van der Waals surface area (Å²) in [6, 6.07) is 12.9. The highest BCUT2D eigenvalue weighted by atomic mass is 16.4. The number of nitrogens with zero attached hydrogens (tertiary/aromatic N) is 1. The zero-order valence-corrected chi connectivity index (χ0v) is 23.1. The molecule has 6 heteroatoms. The minimum absolute atomic E-state index is 0.197. The van der Waals surface area contributed by atoms with Crippen LogP contribution in [0.3, 0.4) is 0 Å². The Morgan fingerprint density at radius 2 is 1.37 bits per heavy atom. The van der Waals surface area contributed by atoms with Crippen molar-refractivity contribution in [3.8, 4) is 0 Å². The molecule has 2 aromatic rings. The first kappa shape index (κ1) is 29.4. The molecule has 2 N–H and O–H groups in total. The van der Waals surface area contributed by atoms with Crippen LogP contribution in [0.15, 0.2) is 42.5 Å². The third-order valence-electron chi connectivity index (χ3n) is 7.15. The van der Waals surface area contributed by atoms with E-state index in [2.05, 4.69) is 5.32 Å². The maximum atomic E-state index is 12.7. The molecule has 206 valence electrons. The average molecular weight is 521 g/mol. The first-order valence-electron chi connectivity index (χ1n) is 14.3. The van der Waals surface area contributed by atoms with Crippen LogP contribution in [-0.4, -0.2) is 40.4 Å². The highest BCUT2D eigenvalue weighted by Gasteiger charge is 2.34. The SMILES string of the molecule is C1CC1.C1CCCCC1.Cc1ccc(CCC(=O)NCC(=O)N2Cc3cc(C)ccc3CC2C(=O)O)cc1. The summed E-state index contributed by atoms with van der Waals surface area (Å²) in [7, 11) is 0. The minimum atomic E-state index is -1.03. The van der Waals surface area contributed by atoms with Gasteiger partial charge < -0.3 is 15.3 Å². The lowest BCUT2D eigenvalue weighted by Crippen LogP contribution is -2.51. The molecule has 2 saturated carbocycles. The standard InChI is InChI=1S/C23H26N2O4.C6H12.C3H6/c1-15-3-6-17(7-4-15)8-10-21(26)24-13-22(27)25-14-19-11-16(2)5-9-18(19)12-20(25)23(28)29;1-2-4-6-5-3-1;1-2-3-1/h3-7,9,11,20H,8,10,12-14H2,1-2H3,(H,24,26)(H,28,29);1-6H2;1-3H2. The van der Waals surface area contributed by atoms with Gasteiger partial charge in [-0.2, -0.15) is 0 Å². The molecular formula is C32H44N2O4. The van der Waals surface area contributed by atoms with Crippen LogP contribution < -0.4 is 5.32 Å². The highest BCUT2D eigenvalue weighted by Crippen LogP contribution is 2.25. The Kier molecular flexibility index (Phi) is 11.8. The molecule has 0 spiro atoms. The third kappa shape index (κ3) is 10.3. The van der Waals surface area contributed by atoms with Crippen LogP contribution in [0.2, 0.25) is 0 Å². The molecule has 1 aliphatic heterocycles. The van der Waals surface area contributed by atoms with Gasteiger partial charge in [0.2, 0.25) is 11.8 Å². The van der Waals surface area contributed by atoms with Gasteiger partial charge in [-0.05, 0) is 37.0 Å². The summed E-state index contributed by atoms with van der Waals surface area (Å²) in [4.78, 5) is 37.8. The number of carbonyl (C=O) groups is 3. The van der Waals surface area contributed by atoms with Crippen molar-refractivity contribution in [2.45, 2.75) is 103 Å². The molecular weight excluding hydrogens is 476 g/mol. The van der Waals surface area contributed by atoms with Crippen LogP contribution in [0.25, 0.3) is 0 Å². The molecule has 1 unspecified atom stereocenters. The fourth-order valence-electron chi connectivity index (χ4n) is 4.63. The predicted octanol–water partition coefficient (Wildman–Crippen LogP) is 5.90. The van der Waals surface area contributed by atoms with Crippen molar-refractivity contribution >= 4 is 17.8 Å². The number of aryl methyl sites for hydroxylation is 3. The number of fused-ring (bicyclic) bond motifs is 1. The summed E-state index contributed by atoms with van der Waals surface area (Å²) in [5.74, 6) is -1.64. The molecule has 2 amide bonds. The van der Waals surface area contributed by atoms with E-state index in [1.807, 2.05) is 56.3 Å². The van der Waals surface area contributed by atoms with E-state index >= 15 is 0 Å². The van der Waals surface area contributed by atoms with Crippen LogP contribution in [-0.2, 0) is 33.8 Å². The van der Waals surface area contributed by atoms with E-state index in [-0.39, 0.29) is 37.7 Å². The molecule has 0 aromatic heterocycles. The number of amides is 2. The highest BCUT2D eigenvalue weighted by molar-refractivity contribution is 5.88. The number of benzene rings is 2. The second-order valence-corrected chi connectivity index (χ2v) is 10.8. The smallest absolute Gasteiger partial charge is 0.326 e. The largest absolute Gasteiger partial charge is 0.480 e. The lowest BCUT2D eigenvalue weighted by atomic mass is 9.92. The second-order valence-electron chi connectivity index (χ2n) is 10.8. The van der Waals surface area contributed by atoms with Crippen molar-refractivity contribution in [3.63, 3.8) is 0 Å². The number of aliphatic carboxylic acids is 1. The van der Waals surface area contributed by atoms with E-state index in [1.54, 1.807) is 0 Å². The van der Waals surface area contributed by atoms with Gasteiger partial charge in [0.15, 0.2) is 0 Å². The summed E-state index contributed by atoms with van der Waals surface area (Å²) in [5.41, 5.74) is 5.20. The summed E-state index contributed by atoms with van der Waals surface area (Å²) < 4.78 is 0. The fraction of sp³-hybridized carbons (Fsp3) is 0.531. The molecule has 1 atom stereocenters. The first-order chi connectivity index (χ1) is 18.3. The van der Waals surface area contributed by atoms with Crippen molar-refractivity contribution in [1.29, 1.82) is 0 Å². The number of carboxylic acids is 1.